The molecule has 0 aliphatic rings. The molecule has 0 aliphatic carbocycles. The number of aromatic nitrogens is 4. The number of benzene rings is 1. The standard InChI is InChI=1S/C22H23N5O4/c1-15-24-21(26-31-15)14-29-20-7-6-16(19-5-4-9-23-22(19)28-3)11-17(20)12-27(2)13-18-8-10-30-25-18/h4-11H,12-14H2,1-3H3. The van der Waals surface area contributed by atoms with Crippen molar-refractivity contribution in [3.05, 3.63) is 71.8 Å². The third-order valence-corrected chi connectivity index (χ3v) is 4.63. The first-order chi connectivity index (χ1) is 15.1. The van der Waals surface area contributed by atoms with Crippen LogP contribution in [0, 0.1) is 6.92 Å². The molecule has 0 N–H and O–H groups in total. The van der Waals surface area contributed by atoms with E-state index < -0.39 is 0 Å². The lowest BCUT2D eigenvalue weighted by molar-refractivity contribution is 0.267. The summed E-state index contributed by atoms with van der Waals surface area (Å²) >= 11 is 0. The van der Waals surface area contributed by atoms with E-state index in [1.54, 1.807) is 26.5 Å². The van der Waals surface area contributed by atoms with Gasteiger partial charge in [0, 0.05) is 43.4 Å². The van der Waals surface area contributed by atoms with Gasteiger partial charge in [-0.05, 0) is 36.9 Å². The molecule has 0 saturated carbocycles. The maximum atomic E-state index is 6.03. The first-order valence-corrected chi connectivity index (χ1v) is 9.74. The molecule has 0 saturated heterocycles. The molecule has 1 aromatic carbocycles. The minimum Gasteiger partial charge on any atom is -0.485 e. The Morgan fingerprint density at radius 2 is 2.00 bits per heavy atom. The fourth-order valence-corrected chi connectivity index (χ4v) is 3.27. The molecule has 0 radical (unpaired) electrons. The van der Waals surface area contributed by atoms with Gasteiger partial charge in [0.05, 0.1) is 12.8 Å². The van der Waals surface area contributed by atoms with Crippen LogP contribution in [0.1, 0.15) is 23.0 Å². The minimum absolute atomic E-state index is 0.215. The van der Waals surface area contributed by atoms with Gasteiger partial charge in [0.25, 0.3) is 0 Å². The average molecular weight is 421 g/mol. The molecule has 9 nitrogen and oxygen atoms in total. The van der Waals surface area contributed by atoms with Crippen molar-refractivity contribution < 1.29 is 18.5 Å². The third kappa shape index (κ3) is 5.07. The van der Waals surface area contributed by atoms with Crippen molar-refractivity contribution in [3.63, 3.8) is 0 Å². The van der Waals surface area contributed by atoms with Crippen molar-refractivity contribution >= 4 is 0 Å². The molecule has 3 aromatic heterocycles. The number of ether oxygens (including phenoxy) is 2. The summed E-state index contributed by atoms with van der Waals surface area (Å²) in [6.45, 7) is 3.23. The van der Waals surface area contributed by atoms with E-state index in [0.717, 1.165) is 28.1 Å². The molecule has 0 atom stereocenters. The molecule has 31 heavy (non-hydrogen) atoms. The number of methoxy groups -OCH3 is 1. The van der Waals surface area contributed by atoms with Gasteiger partial charge in [0.1, 0.15) is 12.0 Å². The van der Waals surface area contributed by atoms with Crippen molar-refractivity contribution in [1.29, 1.82) is 0 Å². The molecular weight excluding hydrogens is 398 g/mol. The molecule has 0 unspecified atom stereocenters. The van der Waals surface area contributed by atoms with E-state index in [9.17, 15) is 0 Å². The fourth-order valence-electron chi connectivity index (χ4n) is 3.27. The Labute approximate surface area is 179 Å². The monoisotopic (exact) mass is 421 g/mol. The molecule has 0 spiro atoms. The minimum atomic E-state index is 0.215. The van der Waals surface area contributed by atoms with Gasteiger partial charge >= 0.3 is 0 Å². The van der Waals surface area contributed by atoms with Crippen LogP contribution in [0.25, 0.3) is 11.1 Å². The number of nitrogens with zero attached hydrogens (tertiary/aromatic N) is 5. The van der Waals surface area contributed by atoms with Crippen LogP contribution in [0.15, 0.2) is 57.9 Å². The summed E-state index contributed by atoms with van der Waals surface area (Å²) in [7, 11) is 3.63. The largest absolute Gasteiger partial charge is 0.485 e. The van der Waals surface area contributed by atoms with E-state index in [-0.39, 0.29) is 6.61 Å². The van der Waals surface area contributed by atoms with Gasteiger partial charge in [0.2, 0.25) is 17.6 Å². The first-order valence-electron chi connectivity index (χ1n) is 9.74. The summed E-state index contributed by atoms with van der Waals surface area (Å²) in [6, 6.07) is 11.7. The van der Waals surface area contributed by atoms with Crippen LogP contribution in [-0.4, -0.2) is 39.3 Å². The Morgan fingerprint density at radius 3 is 2.74 bits per heavy atom. The number of pyridine rings is 1. The molecule has 0 bridgehead atoms. The predicted molar refractivity (Wildman–Crippen MR) is 111 cm³/mol. The molecule has 0 fully saturated rings. The second-order valence-corrected chi connectivity index (χ2v) is 7.06. The smallest absolute Gasteiger partial charge is 0.223 e. The van der Waals surface area contributed by atoms with Crippen molar-refractivity contribution in [2.24, 2.45) is 0 Å². The second-order valence-electron chi connectivity index (χ2n) is 7.06. The summed E-state index contributed by atoms with van der Waals surface area (Å²) in [6.07, 6.45) is 3.28. The summed E-state index contributed by atoms with van der Waals surface area (Å²) < 4.78 is 21.4. The maximum absolute atomic E-state index is 6.03. The van der Waals surface area contributed by atoms with Gasteiger partial charge in [-0.15, -0.1) is 0 Å². The molecule has 0 aliphatic heterocycles. The number of hydrogen-bond acceptors (Lipinski definition) is 9. The zero-order chi connectivity index (χ0) is 21.6. The van der Waals surface area contributed by atoms with E-state index in [1.165, 1.54) is 0 Å². The van der Waals surface area contributed by atoms with E-state index in [4.69, 9.17) is 18.5 Å². The lowest BCUT2D eigenvalue weighted by Gasteiger charge is -2.19. The Hall–Kier alpha value is -3.72. The Kier molecular flexibility index (Phi) is 6.23. The number of hydrogen-bond donors (Lipinski definition) is 0. The van der Waals surface area contributed by atoms with Crippen LogP contribution in [0.2, 0.25) is 0 Å². The lowest BCUT2D eigenvalue weighted by atomic mass is 10.0. The van der Waals surface area contributed by atoms with Crippen molar-refractivity contribution in [2.75, 3.05) is 14.2 Å². The summed E-state index contributed by atoms with van der Waals surface area (Å²) in [5.41, 5.74) is 3.75. The quantitative estimate of drug-likeness (QED) is 0.401. The molecule has 0 amide bonds. The molecule has 9 heteroatoms. The highest BCUT2D eigenvalue weighted by Gasteiger charge is 2.14. The van der Waals surface area contributed by atoms with Crippen LogP contribution in [0.3, 0.4) is 0 Å². The molecule has 160 valence electrons. The predicted octanol–water partition coefficient (Wildman–Crippen LogP) is 3.65. The summed E-state index contributed by atoms with van der Waals surface area (Å²) in [5.74, 6) is 2.31. The van der Waals surface area contributed by atoms with Gasteiger partial charge in [-0.25, -0.2) is 4.98 Å². The van der Waals surface area contributed by atoms with Gasteiger partial charge in [-0.2, -0.15) is 4.98 Å². The van der Waals surface area contributed by atoms with E-state index >= 15 is 0 Å². The number of aryl methyl sites for hydroxylation is 1. The average Bonchev–Trinajstić information content (AvgIpc) is 3.44. The topological polar surface area (TPSA) is 99.5 Å². The van der Waals surface area contributed by atoms with Crippen molar-refractivity contribution in [3.8, 4) is 22.8 Å². The summed E-state index contributed by atoms with van der Waals surface area (Å²) in [5, 5.41) is 7.88. The second kappa shape index (κ2) is 9.40. The normalized spacial score (nSPS) is 11.1. The van der Waals surface area contributed by atoms with Crippen LogP contribution in [-0.2, 0) is 19.7 Å². The highest BCUT2D eigenvalue weighted by Crippen LogP contribution is 2.32. The lowest BCUT2D eigenvalue weighted by Crippen LogP contribution is -2.18. The van der Waals surface area contributed by atoms with Crippen LogP contribution >= 0.6 is 0 Å². The van der Waals surface area contributed by atoms with Crippen LogP contribution in [0.5, 0.6) is 11.6 Å². The van der Waals surface area contributed by atoms with Gasteiger partial charge in [-0.1, -0.05) is 16.4 Å². The molecule has 4 rings (SSSR count). The van der Waals surface area contributed by atoms with Crippen molar-refractivity contribution in [1.82, 2.24) is 25.2 Å². The first kappa shape index (κ1) is 20.5. The van der Waals surface area contributed by atoms with E-state index in [1.807, 2.05) is 37.4 Å². The zero-order valence-corrected chi connectivity index (χ0v) is 17.6. The molecular formula is C22H23N5O4. The number of rotatable bonds is 9. The Balaban J connectivity index is 1.61. The molecule has 3 heterocycles. The highest BCUT2D eigenvalue weighted by atomic mass is 16.5. The van der Waals surface area contributed by atoms with Gasteiger partial charge < -0.3 is 18.5 Å². The third-order valence-electron chi connectivity index (χ3n) is 4.63. The van der Waals surface area contributed by atoms with E-state index in [0.29, 0.717) is 30.7 Å². The van der Waals surface area contributed by atoms with E-state index in [2.05, 4.69) is 31.2 Å². The summed E-state index contributed by atoms with van der Waals surface area (Å²) in [4.78, 5) is 10.6. The maximum Gasteiger partial charge on any atom is 0.223 e. The Morgan fingerprint density at radius 1 is 1.10 bits per heavy atom. The Bertz CT molecular complexity index is 1130. The molecule has 4 aromatic rings. The van der Waals surface area contributed by atoms with Gasteiger partial charge in [-0.3, -0.25) is 4.90 Å². The fraction of sp³-hybridized carbons (Fsp3) is 0.273. The zero-order valence-electron chi connectivity index (χ0n) is 17.6. The van der Waals surface area contributed by atoms with Gasteiger partial charge in [0.15, 0.2) is 6.61 Å². The highest BCUT2D eigenvalue weighted by molar-refractivity contribution is 5.70. The van der Waals surface area contributed by atoms with Crippen LogP contribution < -0.4 is 9.47 Å². The van der Waals surface area contributed by atoms with Crippen LogP contribution in [0.4, 0.5) is 0 Å². The SMILES string of the molecule is COc1ncccc1-c1ccc(OCc2noc(C)n2)c(CN(C)Cc2ccon2)c1. The van der Waals surface area contributed by atoms with Crippen molar-refractivity contribution in [2.45, 2.75) is 26.6 Å².